The molecular formula is C19H28FNO2S. The first-order valence-electron chi connectivity index (χ1n) is 9.01. The van der Waals surface area contributed by atoms with E-state index < -0.39 is 0 Å². The lowest BCUT2D eigenvalue weighted by Gasteiger charge is -2.22. The van der Waals surface area contributed by atoms with E-state index in [0.717, 1.165) is 36.4 Å². The van der Waals surface area contributed by atoms with Crippen molar-refractivity contribution in [3.05, 3.63) is 29.6 Å². The number of thioether (sulfide) groups is 1. The quantitative estimate of drug-likeness (QED) is 0.703. The van der Waals surface area contributed by atoms with E-state index >= 15 is 0 Å². The van der Waals surface area contributed by atoms with Gasteiger partial charge in [-0.3, -0.25) is 0 Å². The van der Waals surface area contributed by atoms with Gasteiger partial charge in [0.25, 0.3) is 0 Å². The van der Waals surface area contributed by atoms with Gasteiger partial charge in [-0.15, -0.1) is 11.8 Å². The van der Waals surface area contributed by atoms with Gasteiger partial charge in [0.2, 0.25) is 0 Å². The highest BCUT2D eigenvalue weighted by Gasteiger charge is 2.42. The van der Waals surface area contributed by atoms with Crippen molar-refractivity contribution in [1.82, 2.24) is 5.32 Å². The summed E-state index contributed by atoms with van der Waals surface area (Å²) < 4.78 is 19.9. The third-order valence-electron chi connectivity index (χ3n) is 5.07. The summed E-state index contributed by atoms with van der Waals surface area (Å²) in [6, 6.07) is 5.25. The molecule has 2 aliphatic rings. The van der Waals surface area contributed by atoms with E-state index in [0.29, 0.717) is 23.8 Å². The Morgan fingerprint density at radius 3 is 2.88 bits per heavy atom. The molecule has 0 radical (unpaired) electrons. The van der Waals surface area contributed by atoms with Gasteiger partial charge < -0.3 is 15.2 Å². The van der Waals surface area contributed by atoms with E-state index in [1.165, 1.54) is 31.0 Å². The van der Waals surface area contributed by atoms with Crippen molar-refractivity contribution in [3.63, 3.8) is 0 Å². The lowest BCUT2D eigenvalue weighted by atomic mass is 9.92. The number of halogens is 1. The summed E-state index contributed by atoms with van der Waals surface area (Å²) in [6.45, 7) is 5.15. The van der Waals surface area contributed by atoms with E-state index in [9.17, 15) is 9.50 Å². The molecule has 1 heterocycles. The maximum Gasteiger partial charge on any atom is 0.129 e. The number of aliphatic hydroxyl groups is 1. The Balaban J connectivity index is 1.39. The van der Waals surface area contributed by atoms with Crippen LogP contribution in [-0.4, -0.2) is 36.7 Å². The lowest BCUT2D eigenvalue weighted by Crippen LogP contribution is -2.29. The second kappa shape index (κ2) is 8.65. The predicted molar refractivity (Wildman–Crippen MR) is 95.7 cm³/mol. The number of benzene rings is 1. The van der Waals surface area contributed by atoms with Crippen molar-refractivity contribution in [2.45, 2.75) is 43.8 Å². The molecule has 1 saturated carbocycles. The van der Waals surface area contributed by atoms with Crippen LogP contribution in [0.15, 0.2) is 23.1 Å². The minimum absolute atomic E-state index is 0.212. The first-order chi connectivity index (χ1) is 11.6. The SMILES string of the molecule is CC(O)CSc1ccc(COCC2CC2C2CCNCC2)c(F)c1. The van der Waals surface area contributed by atoms with Gasteiger partial charge in [0.05, 0.1) is 19.3 Å². The van der Waals surface area contributed by atoms with Crippen molar-refractivity contribution < 1.29 is 14.2 Å². The molecule has 1 aliphatic heterocycles. The first-order valence-corrected chi connectivity index (χ1v) is 10.00. The summed E-state index contributed by atoms with van der Waals surface area (Å²) in [7, 11) is 0. The second-order valence-corrected chi connectivity index (χ2v) is 8.27. The number of hydrogen-bond donors (Lipinski definition) is 2. The van der Waals surface area contributed by atoms with Crippen LogP contribution in [0.3, 0.4) is 0 Å². The summed E-state index contributed by atoms with van der Waals surface area (Å²) >= 11 is 1.47. The molecule has 3 atom stereocenters. The number of aliphatic hydroxyl groups excluding tert-OH is 1. The standard InChI is InChI=1S/C19H28FNO2S/c1-13(22)12-24-17-3-2-15(19(20)9-17)10-23-11-16-8-18(16)14-4-6-21-7-5-14/h2-3,9,13-14,16,18,21-22H,4-8,10-12H2,1H3. The van der Waals surface area contributed by atoms with E-state index in [4.69, 9.17) is 4.74 Å². The fourth-order valence-electron chi connectivity index (χ4n) is 3.58. The van der Waals surface area contributed by atoms with Crippen LogP contribution < -0.4 is 5.32 Å². The molecule has 1 saturated heterocycles. The molecular weight excluding hydrogens is 325 g/mol. The monoisotopic (exact) mass is 353 g/mol. The van der Waals surface area contributed by atoms with Gasteiger partial charge in [-0.25, -0.2) is 4.39 Å². The molecule has 2 N–H and O–H groups in total. The Bertz CT molecular complexity index is 534. The molecule has 0 spiro atoms. The van der Waals surface area contributed by atoms with Gasteiger partial charge in [0, 0.05) is 16.2 Å². The molecule has 3 nitrogen and oxygen atoms in total. The predicted octanol–water partition coefficient (Wildman–Crippen LogP) is 3.45. The third kappa shape index (κ3) is 5.19. The van der Waals surface area contributed by atoms with Gasteiger partial charge in [-0.2, -0.15) is 0 Å². The highest BCUT2D eigenvalue weighted by Crippen LogP contribution is 2.47. The van der Waals surface area contributed by atoms with Gasteiger partial charge in [-0.05, 0) is 69.2 Å². The zero-order valence-electron chi connectivity index (χ0n) is 14.3. The molecule has 1 aliphatic carbocycles. The van der Waals surface area contributed by atoms with Crippen LogP contribution in [0.5, 0.6) is 0 Å². The Labute approximate surface area is 148 Å². The van der Waals surface area contributed by atoms with Crippen LogP contribution in [0.25, 0.3) is 0 Å². The summed E-state index contributed by atoms with van der Waals surface area (Å²) in [5, 5.41) is 12.7. The molecule has 134 valence electrons. The Morgan fingerprint density at radius 2 is 2.17 bits per heavy atom. The summed E-state index contributed by atoms with van der Waals surface area (Å²) in [6.07, 6.45) is 3.48. The zero-order valence-corrected chi connectivity index (χ0v) is 15.2. The Morgan fingerprint density at radius 1 is 1.38 bits per heavy atom. The van der Waals surface area contributed by atoms with Gasteiger partial charge in [0.15, 0.2) is 0 Å². The minimum atomic E-state index is -0.382. The average molecular weight is 354 g/mol. The largest absolute Gasteiger partial charge is 0.393 e. The van der Waals surface area contributed by atoms with Crippen molar-refractivity contribution in [2.24, 2.45) is 17.8 Å². The number of nitrogens with one attached hydrogen (secondary N) is 1. The number of ether oxygens (including phenoxy) is 1. The summed E-state index contributed by atoms with van der Waals surface area (Å²) in [5.74, 6) is 2.74. The molecule has 0 amide bonds. The fourth-order valence-corrected chi connectivity index (χ4v) is 4.37. The normalized spacial score (nSPS) is 25.6. The highest BCUT2D eigenvalue weighted by molar-refractivity contribution is 7.99. The average Bonchev–Trinajstić information content (AvgIpc) is 3.35. The molecule has 1 aromatic rings. The molecule has 24 heavy (non-hydrogen) atoms. The minimum Gasteiger partial charge on any atom is -0.393 e. The van der Waals surface area contributed by atoms with Crippen LogP contribution >= 0.6 is 11.8 Å². The van der Waals surface area contributed by atoms with Crippen LogP contribution in [0.4, 0.5) is 4.39 Å². The summed E-state index contributed by atoms with van der Waals surface area (Å²) in [4.78, 5) is 0.852. The molecule has 5 heteroatoms. The van der Waals surface area contributed by atoms with E-state index in [1.807, 2.05) is 6.07 Å². The van der Waals surface area contributed by atoms with E-state index in [1.54, 1.807) is 19.1 Å². The highest BCUT2D eigenvalue weighted by atomic mass is 32.2. The first kappa shape index (κ1) is 18.2. The van der Waals surface area contributed by atoms with Crippen LogP contribution in [-0.2, 0) is 11.3 Å². The van der Waals surface area contributed by atoms with Crippen LogP contribution in [0, 0.1) is 23.6 Å². The van der Waals surface area contributed by atoms with Gasteiger partial charge in [-0.1, -0.05) is 6.07 Å². The van der Waals surface area contributed by atoms with E-state index in [-0.39, 0.29) is 11.9 Å². The van der Waals surface area contributed by atoms with Crippen molar-refractivity contribution in [2.75, 3.05) is 25.4 Å². The van der Waals surface area contributed by atoms with E-state index in [2.05, 4.69) is 5.32 Å². The van der Waals surface area contributed by atoms with Crippen LogP contribution in [0.2, 0.25) is 0 Å². The molecule has 0 aromatic heterocycles. The molecule has 3 rings (SSSR count). The number of hydrogen-bond acceptors (Lipinski definition) is 4. The molecule has 0 bridgehead atoms. The van der Waals surface area contributed by atoms with Crippen molar-refractivity contribution >= 4 is 11.8 Å². The number of rotatable bonds is 8. The van der Waals surface area contributed by atoms with Crippen molar-refractivity contribution in [1.29, 1.82) is 0 Å². The molecule has 1 aromatic carbocycles. The second-order valence-electron chi connectivity index (χ2n) is 7.18. The Hall–Kier alpha value is -0.620. The van der Waals surface area contributed by atoms with Gasteiger partial charge >= 0.3 is 0 Å². The third-order valence-corrected chi connectivity index (χ3v) is 6.31. The maximum absolute atomic E-state index is 14.1. The number of piperidine rings is 1. The maximum atomic E-state index is 14.1. The molecule has 3 unspecified atom stereocenters. The molecule has 2 fully saturated rings. The van der Waals surface area contributed by atoms with Crippen molar-refractivity contribution in [3.8, 4) is 0 Å². The summed E-state index contributed by atoms with van der Waals surface area (Å²) in [5.41, 5.74) is 0.621. The zero-order chi connectivity index (χ0) is 16.9. The van der Waals surface area contributed by atoms with Crippen LogP contribution in [0.1, 0.15) is 31.7 Å². The van der Waals surface area contributed by atoms with Gasteiger partial charge in [0.1, 0.15) is 5.82 Å². The Kier molecular flexibility index (Phi) is 6.56. The lowest BCUT2D eigenvalue weighted by molar-refractivity contribution is 0.102. The smallest absolute Gasteiger partial charge is 0.129 e. The topological polar surface area (TPSA) is 41.5 Å². The fraction of sp³-hybridized carbons (Fsp3) is 0.684.